The lowest BCUT2D eigenvalue weighted by Crippen LogP contribution is -2.32. The lowest BCUT2D eigenvalue weighted by molar-refractivity contribution is -0.115. The molecule has 6 heteroatoms. The van der Waals surface area contributed by atoms with Crippen LogP contribution in [0.1, 0.15) is 5.56 Å². The van der Waals surface area contributed by atoms with Gasteiger partial charge in [-0.05, 0) is 71.0 Å². The Kier molecular flexibility index (Phi) is 6.75. The first kappa shape index (κ1) is 21.1. The van der Waals surface area contributed by atoms with Gasteiger partial charge in [0.2, 0.25) is 5.91 Å². The highest BCUT2D eigenvalue weighted by atomic mass is 32.1. The Morgan fingerprint density at radius 1 is 0.750 bits per heavy atom. The molecule has 0 fully saturated rings. The van der Waals surface area contributed by atoms with Gasteiger partial charge in [0, 0.05) is 11.8 Å². The normalized spacial score (nSPS) is 11.1. The molecule has 0 aliphatic carbocycles. The van der Waals surface area contributed by atoms with E-state index in [0.29, 0.717) is 5.69 Å². The smallest absolute Gasteiger partial charge is 0.250 e. The lowest BCUT2D eigenvalue weighted by Gasteiger charge is -2.08. The van der Waals surface area contributed by atoms with Gasteiger partial charge in [-0.25, -0.2) is 0 Å². The second-order valence-electron chi connectivity index (χ2n) is 6.93. The number of hydrogen-bond donors (Lipinski definition) is 2. The van der Waals surface area contributed by atoms with E-state index in [9.17, 15) is 4.79 Å². The van der Waals surface area contributed by atoms with Gasteiger partial charge in [0.05, 0.1) is 11.4 Å². The molecule has 0 saturated carbocycles. The van der Waals surface area contributed by atoms with E-state index in [1.165, 1.54) is 6.08 Å². The number of benzene rings is 4. The molecule has 32 heavy (non-hydrogen) atoms. The van der Waals surface area contributed by atoms with E-state index in [1.54, 1.807) is 6.08 Å². The van der Waals surface area contributed by atoms with E-state index in [0.717, 1.165) is 27.7 Å². The number of hydrogen-bond acceptors (Lipinski definition) is 4. The van der Waals surface area contributed by atoms with Crippen molar-refractivity contribution >= 4 is 57.1 Å². The standard InChI is InChI=1S/C26H20N4OS/c31-25(18-13-20-9-6-8-19-7-4-5-12-24(19)20)28-26(32)27-21-14-16-23(17-15-21)30-29-22-10-2-1-3-11-22/h1-18H,(H2,27,28,31,32)/b18-13+,30-29?. The van der Waals surface area contributed by atoms with Gasteiger partial charge in [0.15, 0.2) is 5.11 Å². The zero-order valence-electron chi connectivity index (χ0n) is 17.1. The van der Waals surface area contributed by atoms with Gasteiger partial charge in [-0.15, -0.1) is 0 Å². The highest BCUT2D eigenvalue weighted by Gasteiger charge is 2.03. The van der Waals surface area contributed by atoms with E-state index in [2.05, 4.69) is 20.9 Å². The van der Waals surface area contributed by atoms with E-state index in [1.807, 2.05) is 97.1 Å². The molecule has 0 heterocycles. The van der Waals surface area contributed by atoms with E-state index >= 15 is 0 Å². The minimum absolute atomic E-state index is 0.219. The van der Waals surface area contributed by atoms with Crippen molar-refractivity contribution in [2.75, 3.05) is 5.32 Å². The fraction of sp³-hybridized carbons (Fsp3) is 0. The van der Waals surface area contributed by atoms with Gasteiger partial charge in [0.1, 0.15) is 0 Å². The monoisotopic (exact) mass is 436 g/mol. The molecule has 4 rings (SSSR count). The zero-order chi connectivity index (χ0) is 22.2. The summed E-state index contributed by atoms with van der Waals surface area (Å²) in [4.78, 5) is 12.3. The van der Waals surface area contributed by atoms with Crippen molar-refractivity contribution in [2.24, 2.45) is 10.2 Å². The molecule has 4 aromatic rings. The third-order valence-corrected chi connectivity index (χ3v) is 4.84. The topological polar surface area (TPSA) is 65.8 Å². The van der Waals surface area contributed by atoms with Crippen molar-refractivity contribution < 1.29 is 4.79 Å². The number of anilines is 1. The van der Waals surface area contributed by atoms with Gasteiger partial charge < -0.3 is 5.32 Å². The summed E-state index contributed by atoms with van der Waals surface area (Å²) in [7, 11) is 0. The quantitative estimate of drug-likeness (QED) is 0.206. The van der Waals surface area contributed by atoms with Crippen LogP contribution < -0.4 is 10.6 Å². The summed E-state index contributed by atoms with van der Waals surface area (Å²) >= 11 is 5.25. The number of carbonyl (C=O) groups is 1. The molecular weight excluding hydrogens is 416 g/mol. The van der Waals surface area contributed by atoms with Gasteiger partial charge in [-0.3, -0.25) is 10.1 Å². The number of azo groups is 1. The summed E-state index contributed by atoms with van der Waals surface area (Å²) in [5.74, 6) is -0.302. The molecule has 4 aromatic carbocycles. The van der Waals surface area contributed by atoms with Crippen LogP contribution in [0.25, 0.3) is 16.8 Å². The third kappa shape index (κ3) is 5.71. The average Bonchev–Trinajstić information content (AvgIpc) is 2.83. The number of rotatable bonds is 5. The number of nitrogens with zero attached hydrogens (tertiary/aromatic N) is 2. The van der Waals surface area contributed by atoms with Crippen LogP contribution in [-0.2, 0) is 4.79 Å². The molecule has 0 atom stereocenters. The number of fused-ring (bicyclic) bond motifs is 1. The number of amides is 1. The first-order valence-electron chi connectivity index (χ1n) is 10.0. The Morgan fingerprint density at radius 2 is 1.41 bits per heavy atom. The van der Waals surface area contributed by atoms with Crippen molar-refractivity contribution in [3.8, 4) is 0 Å². The molecule has 0 spiro atoms. The zero-order valence-corrected chi connectivity index (χ0v) is 17.9. The summed E-state index contributed by atoms with van der Waals surface area (Å²) < 4.78 is 0. The van der Waals surface area contributed by atoms with E-state index in [4.69, 9.17) is 12.2 Å². The number of nitrogens with one attached hydrogen (secondary N) is 2. The van der Waals surface area contributed by atoms with Crippen LogP contribution in [0.3, 0.4) is 0 Å². The van der Waals surface area contributed by atoms with Gasteiger partial charge in [-0.2, -0.15) is 10.2 Å². The minimum atomic E-state index is -0.302. The summed E-state index contributed by atoms with van der Waals surface area (Å²) in [6, 6.07) is 30.8. The second-order valence-corrected chi connectivity index (χ2v) is 7.34. The van der Waals surface area contributed by atoms with Crippen LogP contribution in [0, 0.1) is 0 Å². The largest absolute Gasteiger partial charge is 0.332 e. The summed E-state index contributed by atoms with van der Waals surface area (Å²) in [6.45, 7) is 0. The van der Waals surface area contributed by atoms with Crippen LogP contribution in [0.15, 0.2) is 113 Å². The maximum atomic E-state index is 12.3. The minimum Gasteiger partial charge on any atom is -0.332 e. The Balaban J connectivity index is 1.32. The molecular formula is C26H20N4OS. The van der Waals surface area contributed by atoms with Crippen LogP contribution in [0.4, 0.5) is 17.1 Å². The van der Waals surface area contributed by atoms with Crippen molar-refractivity contribution in [1.29, 1.82) is 0 Å². The lowest BCUT2D eigenvalue weighted by atomic mass is 10.0. The predicted molar refractivity (Wildman–Crippen MR) is 134 cm³/mol. The van der Waals surface area contributed by atoms with Gasteiger partial charge in [-0.1, -0.05) is 60.7 Å². The maximum Gasteiger partial charge on any atom is 0.250 e. The van der Waals surface area contributed by atoms with Crippen LogP contribution in [-0.4, -0.2) is 11.0 Å². The first-order valence-corrected chi connectivity index (χ1v) is 10.4. The molecule has 0 saturated heterocycles. The summed E-state index contributed by atoms with van der Waals surface area (Å²) in [5.41, 5.74) is 3.21. The Labute approximate surface area is 191 Å². The summed E-state index contributed by atoms with van der Waals surface area (Å²) in [6.07, 6.45) is 3.26. The third-order valence-electron chi connectivity index (χ3n) is 4.64. The fourth-order valence-corrected chi connectivity index (χ4v) is 3.32. The highest BCUT2D eigenvalue weighted by Crippen LogP contribution is 2.21. The molecule has 0 bridgehead atoms. The predicted octanol–water partition coefficient (Wildman–Crippen LogP) is 6.78. The van der Waals surface area contributed by atoms with Crippen LogP contribution in [0.5, 0.6) is 0 Å². The van der Waals surface area contributed by atoms with Crippen molar-refractivity contribution in [3.05, 3.63) is 109 Å². The SMILES string of the molecule is O=C(/C=C/c1cccc2ccccc12)NC(=S)Nc1ccc(N=Nc2ccccc2)cc1. The first-order chi connectivity index (χ1) is 15.7. The Morgan fingerprint density at radius 3 is 2.19 bits per heavy atom. The molecule has 1 amide bonds. The van der Waals surface area contributed by atoms with Gasteiger partial charge in [0.25, 0.3) is 0 Å². The molecule has 0 aromatic heterocycles. The molecule has 2 N–H and O–H groups in total. The van der Waals surface area contributed by atoms with Crippen molar-refractivity contribution in [3.63, 3.8) is 0 Å². The number of thiocarbonyl (C=S) groups is 1. The highest BCUT2D eigenvalue weighted by molar-refractivity contribution is 7.80. The molecule has 156 valence electrons. The second kappa shape index (κ2) is 10.2. The number of carbonyl (C=O) groups excluding carboxylic acids is 1. The van der Waals surface area contributed by atoms with Crippen molar-refractivity contribution in [1.82, 2.24) is 5.32 Å². The van der Waals surface area contributed by atoms with E-state index in [-0.39, 0.29) is 11.0 Å². The summed E-state index contributed by atoms with van der Waals surface area (Å²) in [5, 5.41) is 16.5. The molecule has 5 nitrogen and oxygen atoms in total. The average molecular weight is 437 g/mol. The van der Waals surface area contributed by atoms with E-state index < -0.39 is 0 Å². The molecule has 0 unspecified atom stereocenters. The Bertz CT molecular complexity index is 1290. The Hall–Kier alpha value is -4.16. The van der Waals surface area contributed by atoms with Crippen LogP contribution >= 0.6 is 12.2 Å². The molecule has 0 aliphatic rings. The molecule has 0 aliphatic heterocycles. The molecule has 0 radical (unpaired) electrons. The van der Waals surface area contributed by atoms with Crippen LogP contribution in [0.2, 0.25) is 0 Å². The van der Waals surface area contributed by atoms with Gasteiger partial charge >= 0.3 is 0 Å². The maximum absolute atomic E-state index is 12.3. The fourth-order valence-electron chi connectivity index (χ4n) is 3.10. The van der Waals surface area contributed by atoms with Crippen molar-refractivity contribution in [2.45, 2.75) is 0 Å².